The lowest BCUT2D eigenvalue weighted by atomic mass is 10.2. The lowest BCUT2D eigenvalue weighted by Gasteiger charge is -2.09. The van der Waals surface area contributed by atoms with Gasteiger partial charge in [-0.3, -0.25) is 4.79 Å². The average molecular weight is 349 g/mol. The number of benzene rings is 2. The number of amides is 1. The molecule has 1 amide bonds. The number of anilines is 1. The zero-order valence-electron chi connectivity index (χ0n) is 14.6. The van der Waals surface area contributed by atoms with Crippen molar-refractivity contribution in [2.75, 3.05) is 5.32 Å². The summed E-state index contributed by atoms with van der Waals surface area (Å²) >= 11 is 0. The van der Waals surface area contributed by atoms with E-state index in [-0.39, 0.29) is 12.0 Å². The first kappa shape index (κ1) is 17.5. The van der Waals surface area contributed by atoms with Crippen molar-refractivity contribution in [2.24, 2.45) is 0 Å². The molecule has 26 heavy (non-hydrogen) atoms. The average Bonchev–Trinajstić information content (AvgIpc) is 3.02. The van der Waals surface area contributed by atoms with Crippen molar-refractivity contribution in [3.05, 3.63) is 72.0 Å². The SMILES string of the molecule is CC(C)OC(=O)c1cccc(NC(=O)/C=C/c2cc3ccccc3o2)c1. The highest BCUT2D eigenvalue weighted by molar-refractivity contribution is 6.02. The predicted molar refractivity (Wildman–Crippen MR) is 101 cm³/mol. The van der Waals surface area contributed by atoms with E-state index in [2.05, 4.69) is 5.32 Å². The summed E-state index contributed by atoms with van der Waals surface area (Å²) in [6.45, 7) is 3.57. The highest BCUT2D eigenvalue weighted by Crippen LogP contribution is 2.19. The number of ether oxygens (including phenoxy) is 1. The largest absolute Gasteiger partial charge is 0.459 e. The van der Waals surface area contributed by atoms with Crippen LogP contribution in [0.2, 0.25) is 0 Å². The van der Waals surface area contributed by atoms with Crippen molar-refractivity contribution in [3.63, 3.8) is 0 Å². The van der Waals surface area contributed by atoms with Gasteiger partial charge in [-0.15, -0.1) is 0 Å². The summed E-state index contributed by atoms with van der Waals surface area (Å²) in [7, 11) is 0. The normalized spacial score (nSPS) is 11.2. The summed E-state index contributed by atoms with van der Waals surface area (Å²) < 4.78 is 10.8. The molecule has 0 radical (unpaired) electrons. The van der Waals surface area contributed by atoms with Crippen LogP contribution in [-0.2, 0) is 9.53 Å². The van der Waals surface area contributed by atoms with Crippen LogP contribution in [0.15, 0.2) is 65.1 Å². The molecular formula is C21H19NO4. The molecule has 3 aromatic rings. The number of furan rings is 1. The van der Waals surface area contributed by atoms with Crippen LogP contribution in [0.1, 0.15) is 30.0 Å². The second-order valence-corrected chi connectivity index (χ2v) is 6.04. The first-order chi connectivity index (χ1) is 12.5. The zero-order valence-corrected chi connectivity index (χ0v) is 14.6. The van der Waals surface area contributed by atoms with Crippen LogP contribution < -0.4 is 5.32 Å². The molecule has 0 aliphatic carbocycles. The fourth-order valence-corrected chi connectivity index (χ4v) is 2.43. The van der Waals surface area contributed by atoms with Crippen LogP contribution in [0.4, 0.5) is 5.69 Å². The molecule has 5 nitrogen and oxygen atoms in total. The highest BCUT2D eigenvalue weighted by Gasteiger charge is 2.10. The van der Waals surface area contributed by atoms with Gasteiger partial charge in [-0.2, -0.15) is 0 Å². The van der Waals surface area contributed by atoms with Gasteiger partial charge in [0.05, 0.1) is 11.7 Å². The van der Waals surface area contributed by atoms with E-state index in [1.54, 1.807) is 44.2 Å². The Hall–Kier alpha value is -3.34. The van der Waals surface area contributed by atoms with Crippen LogP contribution in [0, 0.1) is 0 Å². The summed E-state index contributed by atoms with van der Waals surface area (Å²) in [5.41, 5.74) is 1.67. The molecule has 1 heterocycles. The Morgan fingerprint density at radius 3 is 2.65 bits per heavy atom. The molecule has 0 saturated carbocycles. The molecule has 0 saturated heterocycles. The van der Waals surface area contributed by atoms with E-state index < -0.39 is 5.97 Å². The van der Waals surface area contributed by atoms with E-state index in [4.69, 9.17) is 9.15 Å². The van der Waals surface area contributed by atoms with E-state index in [1.807, 2.05) is 30.3 Å². The maximum atomic E-state index is 12.1. The first-order valence-electron chi connectivity index (χ1n) is 8.30. The van der Waals surface area contributed by atoms with Gasteiger partial charge in [-0.25, -0.2) is 4.79 Å². The van der Waals surface area contributed by atoms with Gasteiger partial charge in [0.25, 0.3) is 0 Å². The molecule has 1 aromatic heterocycles. The van der Waals surface area contributed by atoms with Gasteiger partial charge in [0.15, 0.2) is 0 Å². The van der Waals surface area contributed by atoms with E-state index in [1.165, 1.54) is 6.08 Å². The van der Waals surface area contributed by atoms with E-state index >= 15 is 0 Å². The quantitative estimate of drug-likeness (QED) is 0.538. The summed E-state index contributed by atoms with van der Waals surface area (Å²) in [6.07, 6.45) is 2.79. The van der Waals surface area contributed by atoms with Crippen molar-refractivity contribution in [3.8, 4) is 0 Å². The Bertz CT molecular complexity index is 936. The highest BCUT2D eigenvalue weighted by atomic mass is 16.5. The Labute approximate surface area is 151 Å². The Morgan fingerprint density at radius 1 is 1.08 bits per heavy atom. The van der Waals surface area contributed by atoms with E-state index in [9.17, 15) is 9.59 Å². The molecule has 3 rings (SSSR count). The smallest absolute Gasteiger partial charge is 0.338 e. The summed E-state index contributed by atoms with van der Waals surface area (Å²) in [6, 6.07) is 16.1. The van der Waals surface area contributed by atoms with Gasteiger partial charge >= 0.3 is 5.97 Å². The van der Waals surface area contributed by atoms with Crippen molar-refractivity contribution in [2.45, 2.75) is 20.0 Å². The second kappa shape index (κ2) is 7.70. The molecule has 2 aromatic carbocycles. The molecule has 0 aliphatic heterocycles. The number of hydrogen-bond donors (Lipinski definition) is 1. The lowest BCUT2D eigenvalue weighted by Crippen LogP contribution is -2.13. The van der Waals surface area contributed by atoms with E-state index in [0.29, 0.717) is 17.0 Å². The van der Waals surface area contributed by atoms with Crippen LogP contribution in [0.5, 0.6) is 0 Å². The Kier molecular flexibility index (Phi) is 5.17. The van der Waals surface area contributed by atoms with Crippen LogP contribution in [0.25, 0.3) is 17.0 Å². The predicted octanol–water partition coefficient (Wildman–Crippen LogP) is 4.65. The van der Waals surface area contributed by atoms with Crippen molar-refractivity contribution in [1.29, 1.82) is 0 Å². The summed E-state index contributed by atoms with van der Waals surface area (Å²) in [5.74, 6) is -0.149. The minimum absolute atomic E-state index is 0.201. The van der Waals surface area contributed by atoms with Crippen molar-refractivity contribution < 1.29 is 18.7 Å². The van der Waals surface area contributed by atoms with Crippen LogP contribution in [-0.4, -0.2) is 18.0 Å². The number of carbonyl (C=O) groups is 2. The topological polar surface area (TPSA) is 68.5 Å². The summed E-state index contributed by atoms with van der Waals surface area (Å²) in [4.78, 5) is 24.0. The van der Waals surface area contributed by atoms with Gasteiger partial charge < -0.3 is 14.5 Å². The monoisotopic (exact) mass is 349 g/mol. The molecule has 132 valence electrons. The first-order valence-corrected chi connectivity index (χ1v) is 8.30. The third-order valence-corrected chi connectivity index (χ3v) is 3.55. The summed E-state index contributed by atoms with van der Waals surface area (Å²) in [5, 5.41) is 3.70. The van der Waals surface area contributed by atoms with Crippen molar-refractivity contribution in [1.82, 2.24) is 0 Å². The maximum absolute atomic E-state index is 12.1. The number of hydrogen-bond acceptors (Lipinski definition) is 4. The Morgan fingerprint density at radius 2 is 1.88 bits per heavy atom. The minimum atomic E-state index is -0.422. The fraction of sp³-hybridized carbons (Fsp3) is 0.143. The zero-order chi connectivity index (χ0) is 18.5. The van der Waals surface area contributed by atoms with Gasteiger partial charge in [-0.05, 0) is 50.3 Å². The molecule has 0 fully saturated rings. The molecule has 0 aliphatic rings. The molecule has 0 unspecified atom stereocenters. The van der Waals surface area contributed by atoms with Gasteiger partial charge in [0.1, 0.15) is 11.3 Å². The van der Waals surface area contributed by atoms with Crippen LogP contribution in [0.3, 0.4) is 0 Å². The number of fused-ring (bicyclic) bond motifs is 1. The minimum Gasteiger partial charge on any atom is -0.459 e. The second-order valence-electron chi connectivity index (χ2n) is 6.04. The third kappa shape index (κ3) is 4.39. The molecule has 0 bridgehead atoms. The van der Waals surface area contributed by atoms with Gasteiger partial charge in [0.2, 0.25) is 5.91 Å². The standard InChI is InChI=1S/C21H19NO4/c1-14(2)25-21(24)16-7-5-8-17(12-16)22-20(23)11-10-18-13-15-6-3-4-9-19(15)26-18/h3-14H,1-2H3,(H,22,23)/b11-10+. The fourth-order valence-electron chi connectivity index (χ4n) is 2.43. The van der Waals surface area contributed by atoms with Gasteiger partial charge in [-0.1, -0.05) is 24.3 Å². The number of rotatable bonds is 5. The lowest BCUT2D eigenvalue weighted by molar-refractivity contribution is -0.111. The van der Waals surface area contributed by atoms with Gasteiger partial charge in [0, 0.05) is 17.1 Å². The molecule has 0 atom stereocenters. The number of para-hydroxylation sites is 1. The molecule has 0 spiro atoms. The number of carbonyl (C=O) groups excluding carboxylic acids is 2. The maximum Gasteiger partial charge on any atom is 0.338 e. The number of esters is 1. The van der Waals surface area contributed by atoms with Crippen LogP contribution >= 0.6 is 0 Å². The number of nitrogens with one attached hydrogen (secondary N) is 1. The third-order valence-electron chi connectivity index (χ3n) is 3.55. The molecule has 1 N–H and O–H groups in total. The molecular weight excluding hydrogens is 330 g/mol. The van der Waals surface area contributed by atoms with Crippen molar-refractivity contribution >= 4 is 34.6 Å². The Balaban J connectivity index is 1.67. The molecule has 5 heteroatoms. The van der Waals surface area contributed by atoms with E-state index in [0.717, 1.165) is 11.0 Å².